The van der Waals surface area contributed by atoms with Gasteiger partial charge in [-0.3, -0.25) is 19.3 Å². The summed E-state index contributed by atoms with van der Waals surface area (Å²) in [7, 11) is 0. The molecule has 4 heterocycles. The first-order valence-corrected chi connectivity index (χ1v) is 18.5. The SMILES string of the molecule is CCCCCCCCC(C(C)(C)C)C(C)(C)OCC(C)(C)n1cc(C(=O)c2cncc(NC(=O)Cn3cc(C4CC4)cn3)c2)c2cncnc21. The molecule has 1 aliphatic carbocycles. The zero-order chi connectivity index (χ0) is 36.1. The second-order valence-electron chi connectivity index (χ2n) is 16.4. The third-order valence-electron chi connectivity index (χ3n) is 10.2. The number of fused-ring (bicyclic) bond motifs is 1. The van der Waals surface area contributed by atoms with Crippen LogP contribution in [0.25, 0.3) is 11.0 Å². The van der Waals surface area contributed by atoms with Crippen LogP contribution in [-0.2, 0) is 21.6 Å². The normalized spacial score (nSPS) is 14.6. The molecule has 0 spiro atoms. The number of nitrogens with one attached hydrogen (secondary N) is 1. The first kappa shape index (κ1) is 37.3. The molecule has 10 nitrogen and oxygen atoms in total. The molecule has 0 aliphatic heterocycles. The summed E-state index contributed by atoms with van der Waals surface area (Å²) in [6, 6.07) is 1.66. The van der Waals surface area contributed by atoms with Gasteiger partial charge in [-0.2, -0.15) is 5.10 Å². The Morgan fingerprint density at radius 1 is 0.940 bits per heavy atom. The van der Waals surface area contributed by atoms with E-state index in [1.165, 1.54) is 69.5 Å². The van der Waals surface area contributed by atoms with Crippen LogP contribution in [0.2, 0.25) is 0 Å². The van der Waals surface area contributed by atoms with E-state index >= 15 is 0 Å². The van der Waals surface area contributed by atoms with Gasteiger partial charge in [-0.1, -0.05) is 66.2 Å². The van der Waals surface area contributed by atoms with Crippen LogP contribution in [0.15, 0.2) is 49.6 Å². The lowest BCUT2D eigenvalue weighted by Crippen LogP contribution is -2.45. The van der Waals surface area contributed by atoms with Gasteiger partial charge in [0.2, 0.25) is 5.91 Å². The lowest BCUT2D eigenvalue weighted by molar-refractivity contribution is -0.117. The largest absolute Gasteiger partial charge is 0.373 e. The minimum absolute atomic E-state index is 0.0826. The van der Waals surface area contributed by atoms with Crippen LogP contribution in [0.1, 0.15) is 141 Å². The van der Waals surface area contributed by atoms with E-state index in [0.29, 0.717) is 46.3 Å². The first-order valence-electron chi connectivity index (χ1n) is 18.5. The van der Waals surface area contributed by atoms with Gasteiger partial charge in [-0.15, -0.1) is 0 Å². The smallest absolute Gasteiger partial charge is 0.246 e. The zero-order valence-electron chi connectivity index (χ0n) is 31.5. The highest BCUT2D eigenvalue weighted by molar-refractivity contribution is 6.16. The highest BCUT2D eigenvalue weighted by Gasteiger charge is 2.40. The number of amides is 1. The van der Waals surface area contributed by atoms with Gasteiger partial charge in [-0.25, -0.2) is 9.97 Å². The molecule has 1 atom stereocenters. The Kier molecular flexibility index (Phi) is 11.6. The summed E-state index contributed by atoms with van der Waals surface area (Å²) < 4.78 is 10.5. The highest BCUT2D eigenvalue weighted by atomic mass is 16.5. The Hall–Kier alpha value is -3.92. The van der Waals surface area contributed by atoms with Crippen molar-refractivity contribution in [3.05, 3.63) is 66.3 Å². The average Bonchev–Trinajstić information content (AvgIpc) is 3.68. The van der Waals surface area contributed by atoms with Crippen molar-refractivity contribution in [3.63, 3.8) is 0 Å². The third kappa shape index (κ3) is 9.24. The number of carbonyl (C=O) groups is 2. The minimum atomic E-state index is -0.523. The summed E-state index contributed by atoms with van der Waals surface area (Å²) >= 11 is 0. The van der Waals surface area contributed by atoms with Crippen molar-refractivity contribution >= 4 is 28.4 Å². The molecule has 0 saturated heterocycles. The van der Waals surface area contributed by atoms with Gasteiger partial charge in [0.15, 0.2) is 5.78 Å². The predicted molar refractivity (Wildman–Crippen MR) is 198 cm³/mol. The number of carbonyl (C=O) groups excluding carboxylic acids is 2. The van der Waals surface area contributed by atoms with Gasteiger partial charge in [-0.05, 0) is 75.8 Å². The van der Waals surface area contributed by atoms with Crippen LogP contribution in [0, 0.1) is 11.3 Å². The maximum atomic E-state index is 14.0. The molecule has 1 amide bonds. The standard InChI is InChI=1S/C40H57N7O3/c1-9-10-11-12-13-14-15-34(38(2,3)4)40(7,8)50-26-39(5,6)47-24-33(32-22-42-27-43-37(32)47)36(49)29-18-31(21-41-19-29)45-35(48)25-46-23-30(20-44-46)28-16-17-28/h18-24,27-28,34H,9-17,25-26H2,1-8H3,(H,45,48). The molecule has 270 valence electrons. The van der Waals surface area contributed by atoms with Crippen molar-refractivity contribution in [2.24, 2.45) is 11.3 Å². The number of hydrogen-bond acceptors (Lipinski definition) is 7. The van der Waals surface area contributed by atoms with Crippen LogP contribution in [0.5, 0.6) is 0 Å². The van der Waals surface area contributed by atoms with E-state index < -0.39 is 5.54 Å². The molecule has 1 saturated carbocycles. The van der Waals surface area contributed by atoms with E-state index in [0.717, 1.165) is 6.42 Å². The van der Waals surface area contributed by atoms with Crippen molar-refractivity contribution in [3.8, 4) is 0 Å². The molecule has 1 fully saturated rings. The van der Waals surface area contributed by atoms with Crippen molar-refractivity contribution in [1.29, 1.82) is 0 Å². The van der Waals surface area contributed by atoms with Crippen molar-refractivity contribution in [2.75, 3.05) is 11.9 Å². The number of anilines is 1. The topological polar surface area (TPSA) is 117 Å². The predicted octanol–water partition coefficient (Wildman–Crippen LogP) is 8.71. The monoisotopic (exact) mass is 683 g/mol. The van der Waals surface area contributed by atoms with Gasteiger partial charge < -0.3 is 14.6 Å². The number of aromatic nitrogens is 6. The second kappa shape index (κ2) is 15.5. The van der Waals surface area contributed by atoms with Gasteiger partial charge in [0.25, 0.3) is 0 Å². The highest BCUT2D eigenvalue weighted by Crippen LogP contribution is 2.42. The van der Waals surface area contributed by atoms with Crippen LogP contribution >= 0.6 is 0 Å². The van der Waals surface area contributed by atoms with Gasteiger partial charge in [0.1, 0.15) is 18.5 Å². The number of pyridine rings is 1. The number of ether oxygens (including phenoxy) is 1. The Balaban J connectivity index is 1.29. The summed E-state index contributed by atoms with van der Waals surface area (Å²) in [5.41, 5.74) is 2.32. The van der Waals surface area contributed by atoms with Gasteiger partial charge in [0, 0.05) is 35.7 Å². The summed E-state index contributed by atoms with van der Waals surface area (Å²) in [5, 5.41) is 7.85. The van der Waals surface area contributed by atoms with E-state index in [1.807, 2.05) is 23.2 Å². The second-order valence-corrected chi connectivity index (χ2v) is 16.4. The Bertz CT molecular complexity index is 1760. The number of nitrogens with zero attached hydrogens (tertiary/aromatic N) is 6. The number of ketones is 1. The van der Waals surface area contributed by atoms with Crippen LogP contribution in [-0.4, -0.2) is 53.2 Å². The molecule has 1 unspecified atom stereocenters. The fraction of sp³-hybridized carbons (Fsp3) is 0.600. The molecule has 0 radical (unpaired) electrons. The van der Waals surface area contributed by atoms with E-state index in [4.69, 9.17) is 4.74 Å². The van der Waals surface area contributed by atoms with E-state index in [2.05, 4.69) is 80.8 Å². The van der Waals surface area contributed by atoms with Crippen molar-refractivity contribution in [1.82, 2.24) is 29.3 Å². The summed E-state index contributed by atoms with van der Waals surface area (Å²) in [6.07, 6.45) is 23.0. The van der Waals surface area contributed by atoms with Crippen molar-refractivity contribution in [2.45, 2.75) is 137 Å². The molecule has 5 rings (SSSR count). The molecule has 0 bridgehead atoms. The Morgan fingerprint density at radius 2 is 1.68 bits per heavy atom. The molecule has 10 heteroatoms. The fourth-order valence-electron chi connectivity index (χ4n) is 7.32. The van der Waals surface area contributed by atoms with E-state index in [-0.39, 0.29) is 29.3 Å². The summed E-state index contributed by atoms with van der Waals surface area (Å²) in [6.45, 7) is 18.4. The van der Waals surface area contributed by atoms with Crippen molar-refractivity contribution < 1.29 is 14.3 Å². The minimum Gasteiger partial charge on any atom is -0.373 e. The quantitative estimate of drug-likeness (QED) is 0.0824. The maximum absolute atomic E-state index is 14.0. The third-order valence-corrected chi connectivity index (χ3v) is 10.2. The Labute approximate surface area is 297 Å². The maximum Gasteiger partial charge on any atom is 0.246 e. The molecule has 50 heavy (non-hydrogen) atoms. The lowest BCUT2D eigenvalue weighted by atomic mass is 9.69. The molecule has 0 aromatic carbocycles. The molecular formula is C40H57N7O3. The van der Waals surface area contributed by atoms with E-state index in [9.17, 15) is 9.59 Å². The first-order chi connectivity index (χ1) is 23.7. The molecule has 1 N–H and O–H groups in total. The molecule has 4 aromatic rings. The number of hydrogen-bond donors (Lipinski definition) is 1. The summed E-state index contributed by atoms with van der Waals surface area (Å²) in [4.78, 5) is 40.0. The number of unbranched alkanes of at least 4 members (excludes halogenated alkanes) is 5. The lowest BCUT2D eigenvalue weighted by Gasteiger charge is -2.44. The fourth-order valence-corrected chi connectivity index (χ4v) is 7.32. The molecular weight excluding hydrogens is 626 g/mol. The molecule has 1 aliphatic rings. The van der Waals surface area contributed by atoms with E-state index in [1.54, 1.807) is 23.1 Å². The van der Waals surface area contributed by atoms with Crippen LogP contribution < -0.4 is 5.32 Å². The van der Waals surface area contributed by atoms with Crippen LogP contribution in [0.3, 0.4) is 0 Å². The average molecular weight is 684 g/mol. The summed E-state index contributed by atoms with van der Waals surface area (Å²) in [5.74, 6) is 0.479. The van der Waals surface area contributed by atoms with Crippen LogP contribution in [0.4, 0.5) is 5.69 Å². The Morgan fingerprint density at radius 3 is 2.40 bits per heavy atom. The zero-order valence-corrected chi connectivity index (χ0v) is 31.5. The number of rotatable bonds is 18. The van der Waals surface area contributed by atoms with Gasteiger partial charge in [0.05, 0.1) is 41.4 Å². The molecule has 4 aromatic heterocycles. The van der Waals surface area contributed by atoms with Gasteiger partial charge >= 0.3 is 0 Å².